The molecule has 0 aromatic carbocycles. The minimum Gasteiger partial charge on any atom is -0.363 e. The lowest BCUT2D eigenvalue weighted by atomic mass is 9.80. The maximum atomic E-state index is 12.6. The summed E-state index contributed by atoms with van der Waals surface area (Å²) >= 11 is 0. The van der Waals surface area contributed by atoms with Crippen molar-refractivity contribution in [2.45, 2.75) is 44.6 Å². The Balaban J connectivity index is 2.15. The smallest absolute Gasteiger partial charge is 0.253 e. The molecule has 2 rings (SSSR count). The van der Waals surface area contributed by atoms with Crippen molar-refractivity contribution in [3.63, 3.8) is 0 Å². The van der Waals surface area contributed by atoms with Crippen LogP contribution in [0.15, 0.2) is 18.3 Å². The zero-order valence-electron chi connectivity index (χ0n) is 14.2. The molecule has 6 nitrogen and oxygen atoms in total. The summed E-state index contributed by atoms with van der Waals surface area (Å²) in [4.78, 5) is 31.2. The van der Waals surface area contributed by atoms with Crippen molar-refractivity contribution in [3.8, 4) is 0 Å². The van der Waals surface area contributed by atoms with Crippen LogP contribution >= 0.6 is 0 Å². The van der Waals surface area contributed by atoms with Crippen molar-refractivity contribution in [3.05, 3.63) is 23.9 Å². The second-order valence-corrected chi connectivity index (χ2v) is 6.26. The molecule has 2 N–H and O–H groups in total. The summed E-state index contributed by atoms with van der Waals surface area (Å²) in [5.74, 6) is 0.472. The molecule has 1 aromatic rings. The zero-order chi connectivity index (χ0) is 16.9. The number of rotatable bonds is 5. The van der Waals surface area contributed by atoms with Gasteiger partial charge in [-0.15, -0.1) is 0 Å². The van der Waals surface area contributed by atoms with Crippen LogP contribution in [0, 0.1) is 0 Å². The molecule has 23 heavy (non-hydrogen) atoms. The molecule has 1 heterocycles. The first-order valence-electron chi connectivity index (χ1n) is 8.23. The van der Waals surface area contributed by atoms with Crippen molar-refractivity contribution in [2.75, 3.05) is 25.5 Å². The van der Waals surface area contributed by atoms with Gasteiger partial charge in [0.1, 0.15) is 11.4 Å². The number of carbonyl (C=O) groups excluding carboxylic acids is 2. The van der Waals surface area contributed by atoms with Crippen LogP contribution in [0.1, 0.15) is 49.4 Å². The van der Waals surface area contributed by atoms with Crippen molar-refractivity contribution in [1.82, 2.24) is 15.6 Å². The monoisotopic (exact) mass is 318 g/mol. The molecule has 126 valence electrons. The summed E-state index contributed by atoms with van der Waals surface area (Å²) in [5, 5.41) is 5.84. The molecule has 2 amide bonds. The molecule has 0 bridgehead atoms. The van der Waals surface area contributed by atoms with Gasteiger partial charge in [0.25, 0.3) is 5.91 Å². The number of pyridine rings is 1. The molecule has 0 spiro atoms. The van der Waals surface area contributed by atoms with E-state index in [4.69, 9.17) is 0 Å². The molecule has 6 heteroatoms. The van der Waals surface area contributed by atoms with Crippen LogP contribution in [0.25, 0.3) is 0 Å². The Hall–Kier alpha value is -2.11. The molecular formula is C17H26N4O2. The largest absolute Gasteiger partial charge is 0.363 e. The minimum atomic E-state index is -0.786. The van der Waals surface area contributed by atoms with Crippen LogP contribution in [0.5, 0.6) is 0 Å². The highest BCUT2D eigenvalue weighted by Crippen LogP contribution is 2.29. The molecule has 0 radical (unpaired) electrons. The number of aromatic nitrogens is 1. The summed E-state index contributed by atoms with van der Waals surface area (Å²) < 4.78 is 0. The van der Waals surface area contributed by atoms with Gasteiger partial charge in [-0.1, -0.05) is 19.3 Å². The average Bonchev–Trinajstić information content (AvgIpc) is 2.56. The van der Waals surface area contributed by atoms with Gasteiger partial charge in [0, 0.05) is 26.8 Å². The normalized spacial score (nSPS) is 16.5. The first kappa shape index (κ1) is 17.2. The third kappa shape index (κ3) is 4.00. The van der Waals surface area contributed by atoms with Gasteiger partial charge in [-0.3, -0.25) is 9.59 Å². The van der Waals surface area contributed by atoms with Crippen molar-refractivity contribution in [1.29, 1.82) is 0 Å². The Labute approximate surface area is 137 Å². The van der Waals surface area contributed by atoms with Crippen LogP contribution in [0.2, 0.25) is 0 Å². The van der Waals surface area contributed by atoms with Gasteiger partial charge < -0.3 is 15.5 Å². The fourth-order valence-corrected chi connectivity index (χ4v) is 2.97. The maximum absolute atomic E-state index is 12.6. The molecule has 1 aromatic heterocycles. The van der Waals surface area contributed by atoms with E-state index in [1.807, 2.05) is 25.9 Å². The van der Waals surface area contributed by atoms with E-state index in [1.165, 1.54) is 0 Å². The maximum Gasteiger partial charge on any atom is 0.253 e. The zero-order valence-corrected chi connectivity index (χ0v) is 14.2. The SMILES string of the molecule is CCNC(=O)C1(NC(=O)c2ccc(N(C)C)nc2)CCCCC1. The number of likely N-dealkylation sites (N-methyl/N-ethyl adjacent to an activating group) is 1. The lowest BCUT2D eigenvalue weighted by molar-refractivity contribution is -0.128. The van der Waals surface area contributed by atoms with Crippen LogP contribution in [0.4, 0.5) is 5.82 Å². The van der Waals surface area contributed by atoms with E-state index in [2.05, 4.69) is 15.6 Å². The van der Waals surface area contributed by atoms with Crippen molar-refractivity contribution < 1.29 is 9.59 Å². The van der Waals surface area contributed by atoms with E-state index in [9.17, 15) is 9.59 Å². The molecule has 0 unspecified atom stereocenters. The first-order valence-corrected chi connectivity index (χ1v) is 8.23. The lowest BCUT2D eigenvalue weighted by Gasteiger charge is -2.36. The van der Waals surface area contributed by atoms with Gasteiger partial charge in [-0.25, -0.2) is 4.98 Å². The summed E-state index contributed by atoms with van der Waals surface area (Å²) in [6.07, 6.45) is 5.95. The molecule has 1 fully saturated rings. The Morgan fingerprint density at radius 2 is 1.91 bits per heavy atom. The molecule has 1 saturated carbocycles. The quantitative estimate of drug-likeness (QED) is 0.867. The highest BCUT2D eigenvalue weighted by Gasteiger charge is 2.40. The van der Waals surface area contributed by atoms with E-state index < -0.39 is 5.54 Å². The Kier molecular flexibility index (Phi) is 5.58. The highest BCUT2D eigenvalue weighted by atomic mass is 16.2. The van der Waals surface area contributed by atoms with Gasteiger partial charge >= 0.3 is 0 Å². The molecule has 1 aliphatic carbocycles. The summed E-state index contributed by atoms with van der Waals surface area (Å²) in [6, 6.07) is 3.54. The number of nitrogens with one attached hydrogen (secondary N) is 2. The molecule has 0 atom stereocenters. The standard InChI is InChI=1S/C17H26N4O2/c1-4-18-16(23)17(10-6-5-7-11-17)20-15(22)13-8-9-14(19-12-13)21(2)3/h8-9,12H,4-7,10-11H2,1-3H3,(H,18,23)(H,20,22). The number of nitrogens with zero attached hydrogens (tertiary/aromatic N) is 2. The summed E-state index contributed by atoms with van der Waals surface area (Å²) in [7, 11) is 3.79. The third-order valence-electron chi connectivity index (χ3n) is 4.30. The average molecular weight is 318 g/mol. The lowest BCUT2D eigenvalue weighted by Crippen LogP contribution is -2.59. The van der Waals surface area contributed by atoms with Crippen molar-refractivity contribution >= 4 is 17.6 Å². The topological polar surface area (TPSA) is 74.3 Å². The predicted octanol–water partition coefficient (Wildman–Crippen LogP) is 1.72. The van der Waals surface area contributed by atoms with E-state index in [0.29, 0.717) is 24.9 Å². The highest BCUT2D eigenvalue weighted by molar-refractivity contribution is 5.99. The number of hydrogen-bond donors (Lipinski definition) is 2. The second kappa shape index (κ2) is 7.44. The van der Waals surface area contributed by atoms with E-state index in [-0.39, 0.29) is 11.8 Å². The summed E-state index contributed by atoms with van der Waals surface area (Å²) in [6.45, 7) is 2.45. The Morgan fingerprint density at radius 1 is 1.22 bits per heavy atom. The van der Waals surface area contributed by atoms with E-state index in [0.717, 1.165) is 25.1 Å². The van der Waals surface area contributed by atoms with Gasteiger partial charge in [0.2, 0.25) is 5.91 Å². The van der Waals surface area contributed by atoms with Crippen LogP contribution in [-0.4, -0.2) is 43.0 Å². The number of hydrogen-bond acceptors (Lipinski definition) is 4. The molecule has 1 aliphatic rings. The molecule has 0 saturated heterocycles. The van der Waals surface area contributed by atoms with Gasteiger partial charge in [0.15, 0.2) is 0 Å². The first-order chi connectivity index (χ1) is 11.0. The Morgan fingerprint density at radius 3 is 2.43 bits per heavy atom. The Bertz CT molecular complexity index is 548. The third-order valence-corrected chi connectivity index (χ3v) is 4.30. The van der Waals surface area contributed by atoms with E-state index >= 15 is 0 Å². The van der Waals surface area contributed by atoms with Gasteiger partial charge in [-0.05, 0) is 31.9 Å². The molecule has 0 aliphatic heterocycles. The number of carbonyl (C=O) groups is 2. The molecular weight excluding hydrogens is 292 g/mol. The minimum absolute atomic E-state index is 0.0779. The summed E-state index contributed by atoms with van der Waals surface area (Å²) in [5.41, 5.74) is -0.309. The van der Waals surface area contributed by atoms with Crippen molar-refractivity contribution in [2.24, 2.45) is 0 Å². The van der Waals surface area contributed by atoms with Crippen LogP contribution < -0.4 is 15.5 Å². The second-order valence-electron chi connectivity index (χ2n) is 6.26. The predicted molar refractivity (Wildman–Crippen MR) is 90.5 cm³/mol. The number of anilines is 1. The van der Waals surface area contributed by atoms with E-state index in [1.54, 1.807) is 18.3 Å². The van der Waals surface area contributed by atoms with Crippen LogP contribution in [-0.2, 0) is 4.79 Å². The fraction of sp³-hybridized carbons (Fsp3) is 0.588. The van der Waals surface area contributed by atoms with Gasteiger partial charge in [0.05, 0.1) is 5.56 Å². The number of amides is 2. The van der Waals surface area contributed by atoms with Gasteiger partial charge in [-0.2, -0.15) is 0 Å². The van der Waals surface area contributed by atoms with Crippen LogP contribution in [0.3, 0.4) is 0 Å². The fourth-order valence-electron chi connectivity index (χ4n) is 2.97.